The van der Waals surface area contributed by atoms with E-state index in [1.54, 1.807) is 0 Å². The van der Waals surface area contributed by atoms with Gasteiger partial charge in [-0.05, 0) is 7.05 Å². The lowest BCUT2D eigenvalue weighted by atomic mass is 9.82. The summed E-state index contributed by atoms with van der Waals surface area (Å²) in [4.78, 5) is 13.1. The number of hydrogen-bond donors (Lipinski definition) is 1. The van der Waals surface area contributed by atoms with Gasteiger partial charge in [0.05, 0.1) is 0 Å². The molecule has 0 spiro atoms. The van der Waals surface area contributed by atoms with Gasteiger partial charge in [-0.2, -0.15) is 0 Å². The fourth-order valence-corrected chi connectivity index (χ4v) is 1.81. The van der Waals surface area contributed by atoms with Crippen molar-refractivity contribution in [2.75, 3.05) is 26.7 Å². The third kappa shape index (κ3) is 1.78. The number of likely N-dealkylation sites (tertiary alicyclic amines) is 1. The maximum Gasteiger partial charge on any atom is 0.222 e. The molecule has 0 atom stereocenters. The molecular weight excluding hydrogens is 152 g/mol. The molecule has 0 unspecified atom stereocenters. The minimum absolute atomic E-state index is 0.281. The van der Waals surface area contributed by atoms with Crippen LogP contribution in [0.5, 0.6) is 0 Å². The molecule has 1 fully saturated rings. The third-order valence-electron chi connectivity index (χ3n) is 2.40. The van der Waals surface area contributed by atoms with Crippen molar-refractivity contribution in [3.05, 3.63) is 0 Å². The number of carbonyl (C=O) groups is 1. The minimum atomic E-state index is 0.281. The quantitative estimate of drug-likeness (QED) is 0.667. The van der Waals surface area contributed by atoms with Crippen molar-refractivity contribution in [1.82, 2.24) is 10.2 Å². The molecule has 0 aromatic rings. The van der Waals surface area contributed by atoms with Gasteiger partial charge in [0.1, 0.15) is 0 Å². The lowest BCUT2D eigenvalue weighted by Crippen LogP contribution is -2.60. The van der Waals surface area contributed by atoms with Crippen LogP contribution >= 0.6 is 0 Å². The van der Waals surface area contributed by atoms with Gasteiger partial charge in [0.25, 0.3) is 0 Å². The van der Waals surface area contributed by atoms with Crippen LogP contribution in [0, 0.1) is 5.41 Å². The van der Waals surface area contributed by atoms with E-state index in [1.165, 1.54) is 0 Å². The van der Waals surface area contributed by atoms with E-state index < -0.39 is 0 Å². The highest BCUT2D eigenvalue weighted by Crippen LogP contribution is 2.29. The number of carbonyl (C=O) groups excluding carboxylic acids is 1. The number of rotatable bonds is 3. The number of nitrogens with zero attached hydrogens (tertiary/aromatic N) is 1. The van der Waals surface area contributed by atoms with Crippen molar-refractivity contribution < 1.29 is 4.79 Å². The van der Waals surface area contributed by atoms with E-state index in [1.807, 2.05) is 18.9 Å². The molecule has 0 aromatic carbocycles. The fourth-order valence-electron chi connectivity index (χ4n) is 1.81. The van der Waals surface area contributed by atoms with Gasteiger partial charge in [0, 0.05) is 31.5 Å². The van der Waals surface area contributed by atoms with E-state index >= 15 is 0 Å². The number of amides is 1. The Morgan fingerprint density at radius 3 is 2.58 bits per heavy atom. The van der Waals surface area contributed by atoms with E-state index in [4.69, 9.17) is 0 Å². The van der Waals surface area contributed by atoms with Gasteiger partial charge in [-0.1, -0.05) is 13.8 Å². The van der Waals surface area contributed by atoms with E-state index in [0.29, 0.717) is 11.8 Å². The van der Waals surface area contributed by atoms with Gasteiger partial charge >= 0.3 is 0 Å². The summed E-state index contributed by atoms with van der Waals surface area (Å²) in [5.74, 6) is 0.281. The molecule has 0 aromatic heterocycles. The lowest BCUT2D eigenvalue weighted by molar-refractivity contribution is -0.141. The minimum Gasteiger partial charge on any atom is -0.341 e. The SMILES string of the molecule is CCC(=O)N1CC(C)(CNC)C1. The Balaban J connectivity index is 2.31. The Kier molecular flexibility index (Phi) is 2.73. The van der Waals surface area contributed by atoms with Crippen LogP contribution in [-0.2, 0) is 4.79 Å². The zero-order valence-corrected chi connectivity index (χ0v) is 8.18. The second-order valence-corrected chi connectivity index (χ2v) is 3.94. The maximum absolute atomic E-state index is 11.2. The average Bonchev–Trinajstić information content (AvgIpc) is 1.99. The molecule has 0 aliphatic carbocycles. The average molecular weight is 170 g/mol. The van der Waals surface area contributed by atoms with Gasteiger partial charge in [0.15, 0.2) is 0 Å². The van der Waals surface area contributed by atoms with Crippen molar-refractivity contribution >= 4 is 5.91 Å². The highest BCUT2D eigenvalue weighted by molar-refractivity contribution is 5.76. The van der Waals surface area contributed by atoms with Crippen LogP contribution in [0.15, 0.2) is 0 Å². The normalized spacial score (nSPS) is 20.4. The molecule has 0 radical (unpaired) electrons. The number of hydrogen-bond acceptors (Lipinski definition) is 2. The Bertz CT molecular complexity index is 173. The van der Waals surface area contributed by atoms with Gasteiger partial charge < -0.3 is 10.2 Å². The largest absolute Gasteiger partial charge is 0.341 e. The Morgan fingerprint density at radius 2 is 2.17 bits per heavy atom. The van der Waals surface area contributed by atoms with E-state index in [2.05, 4.69) is 12.2 Å². The van der Waals surface area contributed by atoms with E-state index in [0.717, 1.165) is 19.6 Å². The van der Waals surface area contributed by atoms with Crippen molar-refractivity contribution in [2.24, 2.45) is 5.41 Å². The molecule has 1 aliphatic rings. The standard InChI is InChI=1S/C9H18N2O/c1-4-8(12)11-6-9(2,7-11)5-10-3/h10H,4-7H2,1-3H3. The maximum atomic E-state index is 11.2. The predicted octanol–water partition coefficient (Wildman–Crippen LogP) is 0.464. The molecule has 3 nitrogen and oxygen atoms in total. The van der Waals surface area contributed by atoms with Crippen molar-refractivity contribution in [2.45, 2.75) is 20.3 Å². The summed E-state index contributed by atoms with van der Waals surface area (Å²) in [6.45, 7) is 6.96. The van der Waals surface area contributed by atoms with Crippen LogP contribution in [-0.4, -0.2) is 37.5 Å². The molecule has 3 heteroatoms. The molecule has 1 heterocycles. The Morgan fingerprint density at radius 1 is 1.58 bits per heavy atom. The first-order chi connectivity index (χ1) is 5.61. The molecule has 1 rings (SSSR count). The molecule has 1 amide bonds. The van der Waals surface area contributed by atoms with Crippen LogP contribution in [0.2, 0.25) is 0 Å². The first kappa shape index (κ1) is 9.52. The Labute approximate surface area is 74.1 Å². The summed E-state index contributed by atoms with van der Waals surface area (Å²) in [5.41, 5.74) is 0.319. The van der Waals surface area contributed by atoms with Gasteiger partial charge in [-0.3, -0.25) is 4.79 Å². The fraction of sp³-hybridized carbons (Fsp3) is 0.889. The van der Waals surface area contributed by atoms with Crippen molar-refractivity contribution in [3.63, 3.8) is 0 Å². The van der Waals surface area contributed by atoms with E-state index in [9.17, 15) is 4.79 Å². The van der Waals surface area contributed by atoms with Crippen LogP contribution in [0.25, 0.3) is 0 Å². The number of nitrogens with one attached hydrogen (secondary N) is 1. The van der Waals surface area contributed by atoms with Gasteiger partial charge in [0.2, 0.25) is 5.91 Å². The van der Waals surface area contributed by atoms with Crippen molar-refractivity contribution in [3.8, 4) is 0 Å². The summed E-state index contributed by atoms with van der Waals surface area (Å²) in [6, 6.07) is 0. The monoisotopic (exact) mass is 170 g/mol. The predicted molar refractivity (Wildman–Crippen MR) is 48.9 cm³/mol. The summed E-state index contributed by atoms with van der Waals surface area (Å²) >= 11 is 0. The molecule has 1 N–H and O–H groups in total. The second kappa shape index (κ2) is 3.44. The molecule has 1 aliphatic heterocycles. The second-order valence-electron chi connectivity index (χ2n) is 3.94. The molecule has 1 saturated heterocycles. The van der Waals surface area contributed by atoms with Crippen LogP contribution < -0.4 is 5.32 Å². The zero-order chi connectivity index (χ0) is 9.19. The molecular formula is C9H18N2O. The lowest BCUT2D eigenvalue weighted by Gasteiger charge is -2.48. The van der Waals surface area contributed by atoms with Gasteiger partial charge in [-0.15, -0.1) is 0 Å². The van der Waals surface area contributed by atoms with E-state index in [-0.39, 0.29) is 5.91 Å². The van der Waals surface area contributed by atoms with Crippen molar-refractivity contribution in [1.29, 1.82) is 0 Å². The zero-order valence-electron chi connectivity index (χ0n) is 8.18. The molecule has 0 saturated carbocycles. The highest BCUT2D eigenvalue weighted by Gasteiger charge is 2.39. The van der Waals surface area contributed by atoms with Crippen LogP contribution in [0.4, 0.5) is 0 Å². The highest BCUT2D eigenvalue weighted by atomic mass is 16.2. The van der Waals surface area contributed by atoms with Gasteiger partial charge in [-0.25, -0.2) is 0 Å². The van der Waals surface area contributed by atoms with Crippen LogP contribution in [0.3, 0.4) is 0 Å². The third-order valence-corrected chi connectivity index (χ3v) is 2.40. The summed E-state index contributed by atoms with van der Waals surface area (Å²) < 4.78 is 0. The first-order valence-corrected chi connectivity index (χ1v) is 4.54. The molecule has 70 valence electrons. The molecule has 12 heavy (non-hydrogen) atoms. The summed E-state index contributed by atoms with van der Waals surface area (Å²) in [7, 11) is 1.95. The Hall–Kier alpha value is -0.570. The smallest absolute Gasteiger partial charge is 0.222 e. The summed E-state index contributed by atoms with van der Waals surface area (Å²) in [6.07, 6.45) is 0.635. The van der Waals surface area contributed by atoms with Crippen LogP contribution in [0.1, 0.15) is 20.3 Å². The topological polar surface area (TPSA) is 32.3 Å². The molecule has 0 bridgehead atoms. The summed E-state index contributed by atoms with van der Waals surface area (Å²) in [5, 5.41) is 3.15. The first-order valence-electron chi connectivity index (χ1n) is 4.54.